The number of guanidine groups is 1. The van der Waals surface area contributed by atoms with Crippen LogP contribution in [0, 0.1) is 0 Å². The molecule has 0 radical (unpaired) electrons. The molecule has 23 heavy (non-hydrogen) atoms. The van der Waals surface area contributed by atoms with Gasteiger partial charge in [-0.25, -0.2) is 4.99 Å². The van der Waals surface area contributed by atoms with Crippen LogP contribution in [0.25, 0.3) is 0 Å². The second kappa shape index (κ2) is 8.77. The van der Waals surface area contributed by atoms with Crippen LogP contribution < -0.4 is 10.6 Å². The number of hydrogen-bond donors (Lipinski definition) is 3. The molecule has 128 valence electrons. The van der Waals surface area contributed by atoms with Gasteiger partial charge in [-0.05, 0) is 58.1 Å². The molecule has 1 aromatic heterocycles. The SMILES string of the molecule is CCNC(=NCC(C)(O)c1ccco1)NCCC1=CCCCC1. The van der Waals surface area contributed by atoms with Gasteiger partial charge in [0.25, 0.3) is 0 Å². The van der Waals surface area contributed by atoms with Crippen LogP contribution in [0.15, 0.2) is 39.5 Å². The summed E-state index contributed by atoms with van der Waals surface area (Å²) in [5.74, 6) is 1.26. The number of nitrogens with one attached hydrogen (secondary N) is 2. The summed E-state index contributed by atoms with van der Waals surface area (Å²) in [6.45, 7) is 5.65. The van der Waals surface area contributed by atoms with Gasteiger partial charge < -0.3 is 20.2 Å². The van der Waals surface area contributed by atoms with Crippen molar-refractivity contribution in [3.8, 4) is 0 Å². The van der Waals surface area contributed by atoms with Crippen molar-refractivity contribution in [1.82, 2.24) is 10.6 Å². The van der Waals surface area contributed by atoms with Crippen LogP contribution in [0.1, 0.15) is 51.7 Å². The van der Waals surface area contributed by atoms with Crippen molar-refractivity contribution in [3.63, 3.8) is 0 Å². The van der Waals surface area contributed by atoms with Gasteiger partial charge >= 0.3 is 0 Å². The van der Waals surface area contributed by atoms with Crippen LogP contribution in [0.5, 0.6) is 0 Å². The number of aliphatic hydroxyl groups is 1. The van der Waals surface area contributed by atoms with Crippen molar-refractivity contribution in [2.24, 2.45) is 4.99 Å². The molecule has 1 aromatic rings. The van der Waals surface area contributed by atoms with Crippen LogP contribution >= 0.6 is 0 Å². The first kappa shape index (κ1) is 17.6. The van der Waals surface area contributed by atoms with Crippen molar-refractivity contribution in [1.29, 1.82) is 0 Å². The second-order valence-corrected chi connectivity index (χ2v) is 6.23. The van der Waals surface area contributed by atoms with E-state index in [0.29, 0.717) is 5.76 Å². The van der Waals surface area contributed by atoms with Crippen molar-refractivity contribution in [2.45, 2.75) is 51.6 Å². The number of rotatable bonds is 7. The number of allylic oxidation sites excluding steroid dienone is 1. The van der Waals surface area contributed by atoms with E-state index < -0.39 is 5.60 Å². The molecule has 1 unspecified atom stereocenters. The molecular formula is C18H29N3O2. The molecule has 1 aliphatic rings. The van der Waals surface area contributed by atoms with E-state index in [4.69, 9.17) is 4.42 Å². The Bertz CT molecular complexity index is 518. The highest BCUT2D eigenvalue weighted by Gasteiger charge is 2.26. The quantitative estimate of drug-likeness (QED) is 0.410. The van der Waals surface area contributed by atoms with Gasteiger partial charge in [0.05, 0.1) is 12.8 Å². The Hall–Kier alpha value is -1.75. The maximum absolute atomic E-state index is 10.5. The van der Waals surface area contributed by atoms with Crippen LogP contribution in [0.3, 0.4) is 0 Å². The first-order chi connectivity index (χ1) is 11.1. The Labute approximate surface area is 138 Å². The molecule has 0 amide bonds. The Morgan fingerprint density at radius 3 is 2.91 bits per heavy atom. The van der Waals surface area contributed by atoms with Gasteiger partial charge in [-0.1, -0.05) is 11.6 Å². The number of aliphatic imine (C=N–C) groups is 1. The highest BCUT2D eigenvalue weighted by Crippen LogP contribution is 2.21. The molecule has 0 bridgehead atoms. The molecule has 1 heterocycles. The van der Waals surface area contributed by atoms with E-state index in [1.54, 1.807) is 30.9 Å². The predicted octanol–water partition coefficient (Wildman–Crippen LogP) is 2.93. The second-order valence-electron chi connectivity index (χ2n) is 6.23. The first-order valence-corrected chi connectivity index (χ1v) is 8.58. The zero-order chi connectivity index (χ0) is 16.5. The minimum Gasteiger partial charge on any atom is -0.466 e. The normalized spacial score (nSPS) is 18.2. The van der Waals surface area contributed by atoms with Crippen LogP contribution in [-0.2, 0) is 5.60 Å². The summed E-state index contributed by atoms with van der Waals surface area (Å²) < 4.78 is 5.28. The molecule has 1 atom stereocenters. The monoisotopic (exact) mass is 319 g/mol. The lowest BCUT2D eigenvalue weighted by molar-refractivity contribution is 0.0437. The topological polar surface area (TPSA) is 69.8 Å². The molecule has 0 aliphatic heterocycles. The van der Waals surface area contributed by atoms with E-state index >= 15 is 0 Å². The highest BCUT2D eigenvalue weighted by atomic mass is 16.4. The molecular weight excluding hydrogens is 290 g/mol. The Morgan fingerprint density at radius 1 is 1.39 bits per heavy atom. The highest BCUT2D eigenvalue weighted by molar-refractivity contribution is 5.79. The fraction of sp³-hybridized carbons (Fsp3) is 0.611. The van der Waals surface area contributed by atoms with E-state index in [-0.39, 0.29) is 6.54 Å². The maximum atomic E-state index is 10.5. The van der Waals surface area contributed by atoms with Crippen LogP contribution in [-0.4, -0.2) is 30.7 Å². The number of hydrogen-bond acceptors (Lipinski definition) is 3. The summed E-state index contributed by atoms with van der Waals surface area (Å²) in [4.78, 5) is 4.49. The molecule has 0 saturated carbocycles. The smallest absolute Gasteiger partial charge is 0.191 e. The third-order valence-corrected chi connectivity index (χ3v) is 4.06. The molecule has 0 saturated heterocycles. The lowest BCUT2D eigenvalue weighted by Gasteiger charge is -2.20. The fourth-order valence-electron chi connectivity index (χ4n) is 2.71. The van der Waals surface area contributed by atoms with E-state index in [1.165, 1.54) is 25.7 Å². The predicted molar refractivity (Wildman–Crippen MR) is 93.4 cm³/mol. The average molecular weight is 319 g/mol. The zero-order valence-corrected chi connectivity index (χ0v) is 14.3. The van der Waals surface area contributed by atoms with Crippen molar-refractivity contribution in [3.05, 3.63) is 35.8 Å². The van der Waals surface area contributed by atoms with E-state index in [1.807, 2.05) is 6.92 Å². The third-order valence-electron chi connectivity index (χ3n) is 4.06. The van der Waals surface area contributed by atoms with Gasteiger partial charge in [0, 0.05) is 13.1 Å². The van der Waals surface area contributed by atoms with E-state index in [9.17, 15) is 5.11 Å². The number of nitrogens with zero attached hydrogens (tertiary/aromatic N) is 1. The maximum Gasteiger partial charge on any atom is 0.191 e. The molecule has 3 N–H and O–H groups in total. The Morgan fingerprint density at radius 2 is 2.26 bits per heavy atom. The zero-order valence-electron chi connectivity index (χ0n) is 14.3. The van der Waals surface area contributed by atoms with E-state index in [0.717, 1.165) is 25.5 Å². The Kier molecular flexibility index (Phi) is 6.71. The van der Waals surface area contributed by atoms with Gasteiger partial charge in [-0.15, -0.1) is 0 Å². The van der Waals surface area contributed by atoms with Gasteiger partial charge in [0.15, 0.2) is 5.96 Å². The molecule has 0 spiro atoms. The van der Waals surface area contributed by atoms with Gasteiger partial charge in [0.2, 0.25) is 0 Å². The largest absolute Gasteiger partial charge is 0.466 e. The Balaban J connectivity index is 1.85. The lowest BCUT2D eigenvalue weighted by Crippen LogP contribution is -2.39. The molecule has 0 fully saturated rings. The first-order valence-electron chi connectivity index (χ1n) is 8.58. The molecule has 2 rings (SSSR count). The van der Waals surface area contributed by atoms with Gasteiger partial charge in [-0.2, -0.15) is 0 Å². The minimum atomic E-state index is -1.10. The summed E-state index contributed by atoms with van der Waals surface area (Å²) in [6, 6.07) is 3.54. The van der Waals surface area contributed by atoms with Gasteiger partial charge in [0.1, 0.15) is 11.4 Å². The minimum absolute atomic E-state index is 0.249. The summed E-state index contributed by atoms with van der Waals surface area (Å²) in [5.41, 5.74) is 0.444. The fourth-order valence-corrected chi connectivity index (χ4v) is 2.71. The molecule has 1 aliphatic carbocycles. The average Bonchev–Trinajstić information content (AvgIpc) is 3.09. The molecule has 5 nitrogen and oxygen atoms in total. The summed E-state index contributed by atoms with van der Waals surface area (Å²) >= 11 is 0. The lowest BCUT2D eigenvalue weighted by atomic mass is 9.97. The van der Waals surface area contributed by atoms with Crippen molar-refractivity contribution >= 4 is 5.96 Å². The van der Waals surface area contributed by atoms with Crippen molar-refractivity contribution < 1.29 is 9.52 Å². The van der Waals surface area contributed by atoms with Crippen LogP contribution in [0.2, 0.25) is 0 Å². The standard InChI is InChI=1S/C18H29N3O2/c1-3-19-17(20-12-11-15-8-5-4-6-9-15)21-14-18(2,22)16-10-7-13-23-16/h7-8,10,13,22H,3-6,9,11-12,14H2,1-2H3,(H2,19,20,21). The molecule has 0 aromatic carbocycles. The van der Waals surface area contributed by atoms with E-state index in [2.05, 4.69) is 21.7 Å². The van der Waals surface area contributed by atoms with Crippen molar-refractivity contribution in [2.75, 3.05) is 19.6 Å². The number of furan rings is 1. The summed E-state index contributed by atoms with van der Waals surface area (Å²) in [6.07, 6.45) is 10.1. The summed E-state index contributed by atoms with van der Waals surface area (Å²) in [7, 11) is 0. The molecule has 5 heteroatoms. The third kappa shape index (κ3) is 5.75. The van der Waals surface area contributed by atoms with Gasteiger partial charge in [-0.3, -0.25) is 0 Å². The summed E-state index contributed by atoms with van der Waals surface area (Å²) in [5, 5.41) is 17.0. The van der Waals surface area contributed by atoms with Crippen LogP contribution in [0.4, 0.5) is 0 Å².